The maximum absolute atomic E-state index is 11.9. The van der Waals surface area contributed by atoms with Gasteiger partial charge in [0.2, 0.25) is 0 Å². The van der Waals surface area contributed by atoms with E-state index in [-0.39, 0.29) is 10.7 Å². The maximum atomic E-state index is 11.9. The molecular formula is C15H11Cl2N3O3. The summed E-state index contributed by atoms with van der Waals surface area (Å²) in [5, 5.41) is 15.4. The van der Waals surface area contributed by atoms with Gasteiger partial charge in [0.05, 0.1) is 10.6 Å². The van der Waals surface area contributed by atoms with Crippen molar-refractivity contribution in [1.29, 1.82) is 0 Å². The van der Waals surface area contributed by atoms with Crippen LogP contribution in [0.15, 0.2) is 47.6 Å². The van der Waals surface area contributed by atoms with Crippen molar-refractivity contribution in [2.75, 3.05) is 0 Å². The molecule has 23 heavy (non-hydrogen) atoms. The van der Waals surface area contributed by atoms with E-state index in [0.29, 0.717) is 21.9 Å². The third-order valence-corrected chi connectivity index (χ3v) is 3.56. The second-order valence-electron chi connectivity index (χ2n) is 4.57. The zero-order valence-corrected chi connectivity index (χ0v) is 13.4. The van der Waals surface area contributed by atoms with Crippen molar-refractivity contribution in [1.82, 2.24) is 5.43 Å². The van der Waals surface area contributed by atoms with Gasteiger partial charge in [-0.1, -0.05) is 29.3 Å². The molecule has 2 aromatic carbocycles. The molecule has 0 aliphatic rings. The van der Waals surface area contributed by atoms with Crippen LogP contribution in [0.5, 0.6) is 0 Å². The van der Waals surface area contributed by atoms with Gasteiger partial charge in [-0.05, 0) is 37.3 Å². The van der Waals surface area contributed by atoms with Crippen LogP contribution in [-0.4, -0.2) is 16.5 Å². The van der Waals surface area contributed by atoms with Crippen LogP contribution in [0.2, 0.25) is 10.0 Å². The highest BCUT2D eigenvalue weighted by atomic mass is 35.5. The van der Waals surface area contributed by atoms with Gasteiger partial charge in [0, 0.05) is 22.2 Å². The van der Waals surface area contributed by atoms with Gasteiger partial charge in [-0.3, -0.25) is 14.9 Å². The van der Waals surface area contributed by atoms with E-state index in [9.17, 15) is 14.9 Å². The van der Waals surface area contributed by atoms with Crippen molar-refractivity contribution in [2.24, 2.45) is 5.10 Å². The number of carbonyl (C=O) groups excluding carboxylic acids is 1. The van der Waals surface area contributed by atoms with E-state index in [0.717, 1.165) is 0 Å². The van der Waals surface area contributed by atoms with Crippen LogP contribution >= 0.6 is 23.2 Å². The van der Waals surface area contributed by atoms with E-state index < -0.39 is 10.8 Å². The molecule has 0 unspecified atom stereocenters. The van der Waals surface area contributed by atoms with Gasteiger partial charge in [-0.25, -0.2) is 5.43 Å². The molecule has 0 fully saturated rings. The number of hydrazone groups is 1. The van der Waals surface area contributed by atoms with Crippen molar-refractivity contribution >= 4 is 40.5 Å². The van der Waals surface area contributed by atoms with E-state index in [1.165, 1.54) is 12.1 Å². The molecule has 8 heteroatoms. The molecule has 0 aliphatic carbocycles. The van der Waals surface area contributed by atoms with Gasteiger partial charge in [-0.2, -0.15) is 5.10 Å². The van der Waals surface area contributed by atoms with Gasteiger partial charge in [0.25, 0.3) is 11.6 Å². The molecule has 6 nitrogen and oxygen atoms in total. The van der Waals surface area contributed by atoms with E-state index in [4.69, 9.17) is 23.2 Å². The molecule has 1 N–H and O–H groups in total. The second-order valence-corrected chi connectivity index (χ2v) is 5.41. The fraction of sp³-hybridized carbons (Fsp3) is 0.0667. The summed E-state index contributed by atoms with van der Waals surface area (Å²) in [6.45, 7) is 1.62. The van der Waals surface area contributed by atoms with Crippen LogP contribution in [0.1, 0.15) is 22.8 Å². The Labute approximate surface area is 141 Å². The number of benzene rings is 2. The lowest BCUT2D eigenvalue weighted by Gasteiger charge is -2.04. The van der Waals surface area contributed by atoms with Gasteiger partial charge in [0.1, 0.15) is 5.02 Å². The first-order valence-electron chi connectivity index (χ1n) is 6.43. The topological polar surface area (TPSA) is 84.6 Å². The molecule has 2 rings (SSSR count). The Morgan fingerprint density at radius 2 is 1.74 bits per heavy atom. The summed E-state index contributed by atoms with van der Waals surface area (Å²) < 4.78 is 0. The lowest BCUT2D eigenvalue weighted by molar-refractivity contribution is -0.384. The Balaban J connectivity index is 2.16. The largest absolute Gasteiger partial charge is 0.288 e. The third-order valence-electron chi connectivity index (χ3n) is 2.99. The number of amides is 1. The first-order chi connectivity index (χ1) is 10.9. The standard InChI is InChI=1S/C15H11Cl2N3O3/c1-9(11-4-7-13(17)14(8-11)20(22)23)18-19-15(21)10-2-5-12(16)6-3-10/h2-8H,1H3,(H,19,21)/b18-9+. The minimum Gasteiger partial charge on any atom is -0.267 e. The fourth-order valence-electron chi connectivity index (χ4n) is 1.74. The van der Waals surface area contributed by atoms with Crippen LogP contribution in [0, 0.1) is 10.1 Å². The normalized spacial score (nSPS) is 11.2. The van der Waals surface area contributed by atoms with Crippen LogP contribution in [-0.2, 0) is 0 Å². The fourth-order valence-corrected chi connectivity index (χ4v) is 2.06. The molecule has 0 saturated heterocycles. The molecule has 2 aromatic rings. The molecule has 0 spiro atoms. The second kappa shape index (κ2) is 7.21. The van der Waals surface area contributed by atoms with Crippen molar-refractivity contribution in [3.8, 4) is 0 Å². The van der Waals surface area contributed by atoms with Gasteiger partial charge in [0.15, 0.2) is 0 Å². The Kier molecular flexibility index (Phi) is 5.31. The molecule has 0 heterocycles. The molecule has 0 aliphatic heterocycles. The third kappa shape index (κ3) is 4.28. The van der Waals surface area contributed by atoms with E-state index in [2.05, 4.69) is 10.5 Å². The molecule has 0 bridgehead atoms. The summed E-state index contributed by atoms with van der Waals surface area (Å²) in [6.07, 6.45) is 0. The van der Waals surface area contributed by atoms with Crippen LogP contribution < -0.4 is 5.43 Å². The highest BCUT2D eigenvalue weighted by Gasteiger charge is 2.14. The molecule has 0 aromatic heterocycles. The van der Waals surface area contributed by atoms with Crippen LogP contribution in [0.25, 0.3) is 0 Å². The predicted molar refractivity (Wildman–Crippen MR) is 89.2 cm³/mol. The molecule has 118 valence electrons. The molecule has 0 saturated carbocycles. The summed E-state index contributed by atoms with van der Waals surface area (Å²) >= 11 is 11.5. The molecule has 1 amide bonds. The molecule has 0 radical (unpaired) electrons. The number of hydrogen-bond donors (Lipinski definition) is 1. The molecule has 0 atom stereocenters. The van der Waals surface area contributed by atoms with Gasteiger partial charge in [-0.15, -0.1) is 0 Å². The van der Waals surface area contributed by atoms with Gasteiger partial charge >= 0.3 is 0 Å². The Morgan fingerprint density at radius 1 is 1.13 bits per heavy atom. The van der Waals surface area contributed by atoms with Crippen molar-refractivity contribution in [3.63, 3.8) is 0 Å². The minimum atomic E-state index is -0.578. The van der Waals surface area contributed by atoms with Crippen molar-refractivity contribution in [3.05, 3.63) is 73.8 Å². The van der Waals surface area contributed by atoms with E-state index >= 15 is 0 Å². The highest BCUT2D eigenvalue weighted by molar-refractivity contribution is 6.32. The zero-order valence-electron chi connectivity index (χ0n) is 11.9. The summed E-state index contributed by atoms with van der Waals surface area (Å²) in [6, 6.07) is 10.6. The number of carbonyl (C=O) groups is 1. The lowest BCUT2D eigenvalue weighted by atomic mass is 10.1. The summed E-state index contributed by atoms with van der Waals surface area (Å²) in [5.41, 5.74) is 3.45. The summed E-state index contributed by atoms with van der Waals surface area (Å²) in [5.74, 6) is -0.413. The monoisotopic (exact) mass is 351 g/mol. The maximum Gasteiger partial charge on any atom is 0.288 e. The average molecular weight is 352 g/mol. The zero-order chi connectivity index (χ0) is 17.0. The van der Waals surface area contributed by atoms with Crippen molar-refractivity contribution in [2.45, 2.75) is 6.92 Å². The Bertz CT molecular complexity index is 789. The average Bonchev–Trinajstić information content (AvgIpc) is 2.53. The molecular weight excluding hydrogens is 341 g/mol. The van der Waals surface area contributed by atoms with Gasteiger partial charge < -0.3 is 0 Å². The SMILES string of the molecule is C/C(=N\NC(=O)c1ccc(Cl)cc1)c1ccc(Cl)c([N+](=O)[O-])c1. The minimum absolute atomic E-state index is 0.0387. The summed E-state index contributed by atoms with van der Waals surface area (Å²) in [4.78, 5) is 22.2. The quantitative estimate of drug-likeness (QED) is 0.512. The van der Waals surface area contributed by atoms with Crippen LogP contribution in [0.3, 0.4) is 0 Å². The number of nitro benzene ring substituents is 1. The first-order valence-corrected chi connectivity index (χ1v) is 7.18. The summed E-state index contributed by atoms with van der Waals surface area (Å²) in [7, 11) is 0. The first kappa shape index (κ1) is 16.9. The van der Waals surface area contributed by atoms with E-state index in [1.807, 2.05) is 0 Å². The number of nitrogens with zero attached hydrogens (tertiary/aromatic N) is 2. The number of halogens is 2. The number of nitro groups is 1. The lowest BCUT2D eigenvalue weighted by Crippen LogP contribution is -2.19. The van der Waals surface area contributed by atoms with Crippen LogP contribution in [0.4, 0.5) is 5.69 Å². The van der Waals surface area contributed by atoms with E-state index in [1.54, 1.807) is 37.3 Å². The number of rotatable bonds is 4. The number of hydrogen-bond acceptors (Lipinski definition) is 4. The highest BCUT2D eigenvalue weighted by Crippen LogP contribution is 2.25. The Morgan fingerprint density at radius 3 is 2.35 bits per heavy atom. The van der Waals surface area contributed by atoms with Crippen molar-refractivity contribution < 1.29 is 9.72 Å². The predicted octanol–water partition coefficient (Wildman–Crippen LogP) is 4.06. The number of nitrogens with one attached hydrogen (secondary N) is 1. The Hall–Kier alpha value is -2.44. The smallest absolute Gasteiger partial charge is 0.267 e.